The molecule has 1 fully saturated rings. The first kappa shape index (κ1) is 28.6. The molecule has 218 valence electrons. The van der Waals surface area contributed by atoms with Crippen molar-refractivity contribution in [3.63, 3.8) is 0 Å². The van der Waals surface area contributed by atoms with Crippen LogP contribution >= 0.6 is 11.6 Å². The van der Waals surface area contributed by atoms with Crippen molar-refractivity contribution in [2.45, 2.75) is 58.0 Å². The number of nitrogens with zero attached hydrogens (tertiary/aromatic N) is 8. The number of aliphatic hydroxyl groups is 1. The summed E-state index contributed by atoms with van der Waals surface area (Å²) in [5.74, 6) is -0.344. The summed E-state index contributed by atoms with van der Waals surface area (Å²) >= 11 is 6.35. The highest BCUT2D eigenvalue weighted by atomic mass is 35.5. The first-order valence-corrected chi connectivity index (χ1v) is 13.3. The highest BCUT2D eigenvalue weighted by Gasteiger charge is 2.36. The molecule has 1 saturated heterocycles. The van der Waals surface area contributed by atoms with Gasteiger partial charge in [0.15, 0.2) is 11.6 Å². The van der Waals surface area contributed by atoms with E-state index in [-0.39, 0.29) is 24.7 Å². The van der Waals surface area contributed by atoms with Crippen molar-refractivity contribution >= 4 is 23.2 Å². The molecule has 5 heterocycles. The summed E-state index contributed by atoms with van der Waals surface area (Å²) in [5, 5.41) is 23.6. The topological polar surface area (TPSA) is 133 Å². The standard InChI is InChI=1S/C26H29ClF2N8O4/c1-14-22(33-34-37(14)19-5-6-35(12-18(19)29)25(39)41-26(2,3)4)15-7-21(23-17(27)10-32-36(23)11-15)40-13-20(38)24-30-8-16(28)9-31-24/h7-11,18-20,38H,5-6,12-13H2,1-4H3/t18-,19+,20?/m0/s1. The van der Waals surface area contributed by atoms with Crippen molar-refractivity contribution in [1.29, 1.82) is 0 Å². The minimum Gasteiger partial charge on any atom is -0.488 e. The molecule has 0 saturated carbocycles. The maximum Gasteiger partial charge on any atom is 0.410 e. The zero-order valence-corrected chi connectivity index (χ0v) is 23.6. The van der Waals surface area contributed by atoms with Crippen LogP contribution in [0.5, 0.6) is 5.75 Å². The van der Waals surface area contributed by atoms with Gasteiger partial charge in [-0.3, -0.25) is 0 Å². The monoisotopic (exact) mass is 590 g/mol. The third kappa shape index (κ3) is 6.07. The zero-order chi connectivity index (χ0) is 29.5. The molecule has 0 spiro atoms. The number of alkyl halides is 1. The van der Waals surface area contributed by atoms with E-state index in [9.17, 15) is 14.3 Å². The molecule has 5 rings (SSSR count). The second kappa shape index (κ2) is 11.2. The molecule has 1 unspecified atom stereocenters. The smallest absolute Gasteiger partial charge is 0.410 e. The molecule has 1 aliphatic heterocycles. The van der Waals surface area contributed by atoms with Gasteiger partial charge in [0.1, 0.15) is 41.4 Å². The molecule has 4 aromatic rings. The quantitative estimate of drug-likeness (QED) is 0.352. The van der Waals surface area contributed by atoms with Crippen LogP contribution in [-0.4, -0.2) is 82.1 Å². The van der Waals surface area contributed by atoms with E-state index in [0.29, 0.717) is 40.5 Å². The van der Waals surface area contributed by atoms with E-state index >= 15 is 4.39 Å². The van der Waals surface area contributed by atoms with Crippen LogP contribution in [0.2, 0.25) is 5.02 Å². The van der Waals surface area contributed by atoms with Gasteiger partial charge in [0.2, 0.25) is 0 Å². The van der Waals surface area contributed by atoms with Gasteiger partial charge in [-0.25, -0.2) is 32.7 Å². The molecule has 0 radical (unpaired) electrons. The van der Waals surface area contributed by atoms with Crippen LogP contribution < -0.4 is 4.74 Å². The molecule has 1 aliphatic rings. The van der Waals surface area contributed by atoms with Crippen LogP contribution in [0.3, 0.4) is 0 Å². The van der Waals surface area contributed by atoms with Gasteiger partial charge in [0, 0.05) is 18.3 Å². The fourth-order valence-corrected chi connectivity index (χ4v) is 4.83. The molecule has 12 nitrogen and oxygen atoms in total. The van der Waals surface area contributed by atoms with Crippen molar-refractivity contribution in [2.24, 2.45) is 0 Å². The van der Waals surface area contributed by atoms with Crippen molar-refractivity contribution in [3.05, 3.63) is 53.2 Å². The first-order chi connectivity index (χ1) is 19.4. The number of aromatic nitrogens is 7. The number of hydrogen-bond donors (Lipinski definition) is 1. The first-order valence-electron chi connectivity index (χ1n) is 12.9. The van der Waals surface area contributed by atoms with Crippen LogP contribution in [-0.2, 0) is 4.74 Å². The van der Waals surface area contributed by atoms with Crippen molar-refractivity contribution in [2.75, 3.05) is 19.7 Å². The lowest BCUT2D eigenvalue weighted by Gasteiger charge is -2.35. The van der Waals surface area contributed by atoms with E-state index in [1.165, 1.54) is 20.3 Å². The summed E-state index contributed by atoms with van der Waals surface area (Å²) < 4.78 is 42.8. The van der Waals surface area contributed by atoms with Crippen LogP contribution in [0.1, 0.15) is 50.9 Å². The maximum atomic E-state index is 15.3. The summed E-state index contributed by atoms with van der Waals surface area (Å²) in [5.41, 5.74) is 1.40. The molecule has 15 heteroatoms. The minimum absolute atomic E-state index is 0.00420. The number of halogens is 3. The molecule has 3 atom stereocenters. The number of rotatable bonds is 6. The van der Waals surface area contributed by atoms with Crippen molar-refractivity contribution < 1.29 is 28.2 Å². The van der Waals surface area contributed by atoms with Gasteiger partial charge in [0.25, 0.3) is 0 Å². The van der Waals surface area contributed by atoms with Crippen molar-refractivity contribution in [1.82, 2.24) is 39.5 Å². The Bertz CT molecular complexity index is 1560. The lowest BCUT2D eigenvalue weighted by Crippen LogP contribution is -2.47. The molecule has 41 heavy (non-hydrogen) atoms. The summed E-state index contributed by atoms with van der Waals surface area (Å²) in [6.07, 6.45) is 2.19. The molecule has 1 amide bonds. The Morgan fingerprint density at radius 2 is 2.00 bits per heavy atom. The van der Waals surface area contributed by atoms with E-state index in [1.54, 1.807) is 40.0 Å². The molecule has 0 aliphatic carbocycles. The number of carbonyl (C=O) groups excluding carboxylic acids is 1. The maximum absolute atomic E-state index is 15.3. The number of likely N-dealkylation sites (tertiary alicyclic amines) is 1. The third-order valence-corrected chi connectivity index (χ3v) is 6.82. The van der Waals surface area contributed by atoms with Gasteiger partial charge in [-0.2, -0.15) is 5.10 Å². The molecule has 0 bridgehead atoms. The Hall–Kier alpha value is -3.91. The summed E-state index contributed by atoms with van der Waals surface area (Å²) in [6, 6.07) is 1.04. The molecular formula is C26H29ClF2N8O4. The highest BCUT2D eigenvalue weighted by Crippen LogP contribution is 2.35. The van der Waals surface area contributed by atoms with Crippen LogP contribution in [0.15, 0.2) is 30.9 Å². The Balaban J connectivity index is 1.37. The molecule has 1 N–H and O–H groups in total. The average Bonchev–Trinajstić information content (AvgIpc) is 3.48. The van der Waals surface area contributed by atoms with E-state index in [0.717, 1.165) is 12.4 Å². The van der Waals surface area contributed by atoms with Gasteiger partial charge in [0.05, 0.1) is 41.9 Å². The van der Waals surface area contributed by atoms with Crippen LogP contribution in [0, 0.1) is 12.7 Å². The predicted octanol–water partition coefficient (Wildman–Crippen LogP) is 4.12. The van der Waals surface area contributed by atoms with Gasteiger partial charge < -0.3 is 19.5 Å². The fourth-order valence-electron chi connectivity index (χ4n) is 4.61. The Kier molecular flexibility index (Phi) is 7.79. The number of pyridine rings is 1. The normalized spacial score (nSPS) is 18.5. The fraction of sp³-hybridized carbons (Fsp3) is 0.462. The Morgan fingerprint density at radius 3 is 2.68 bits per heavy atom. The number of piperidine rings is 1. The molecule has 4 aromatic heterocycles. The number of fused-ring (bicyclic) bond motifs is 1. The lowest BCUT2D eigenvalue weighted by molar-refractivity contribution is 0.00546. The number of hydrogen-bond acceptors (Lipinski definition) is 9. The average molecular weight is 591 g/mol. The predicted molar refractivity (Wildman–Crippen MR) is 143 cm³/mol. The highest BCUT2D eigenvalue weighted by molar-refractivity contribution is 6.34. The van der Waals surface area contributed by atoms with E-state index in [2.05, 4.69) is 25.4 Å². The van der Waals surface area contributed by atoms with Gasteiger partial charge >= 0.3 is 6.09 Å². The number of ether oxygens (including phenoxy) is 2. The number of aliphatic hydroxyl groups excluding tert-OH is 1. The summed E-state index contributed by atoms with van der Waals surface area (Å²) in [7, 11) is 0. The van der Waals surface area contributed by atoms with Gasteiger partial charge in [-0.05, 0) is 40.2 Å². The summed E-state index contributed by atoms with van der Waals surface area (Å²) in [4.78, 5) is 21.3. The van der Waals surface area contributed by atoms with E-state index in [4.69, 9.17) is 21.1 Å². The second-order valence-corrected chi connectivity index (χ2v) is 11.1. The Morgan fingerprint density at radius 1 is 1.27 bits per heavy atom. The van der Waals surface area contributed by atoms with Crippen LogP contribution in [0.25, 0.3) is 16.8 Å². The number of carbonyl (C=O) groups is 1. The lowest BCUT2D eigenvalue weighted by atomic mass is 10.0. The van der Waals surface area contributed by atoms with E-state index in [1.807, 2.05) is 0 Å². The summed E-state index contributed by atoms with van der Waals surface area (Å²) in [6.45, 7) is 7.00. The molecular weight excluding hydrogens is 562 g/mol. The van der Waals surface area contributed by atoms with Gasteiger partial charge in [-0.1, -0.05) is 16.8 Å². The largest absolute Gasteiger partial charge is 0.488 e. The number of amides is 1. The van der Waals surface area contributed by atoms with Gasteiger partial charge in [-0.15, -0.1) is 5.10 Å². The van der Waals surface area contributed by atoms with Crippen molar-refractivity contribution in [3.8, 4) is 17.0 Å². The second-order valence-electron chi connectivity index (χ2n) is 10.7. The van der Waals surface area contributed by atoms with Crippen LogP contribution in [0.4, 0.5) is 13.6 Å². The third-order valence-electron chi connectivity index (χ3n) is 6.54. The molecule has 0 aromatic carbocycles. The van der Waals surface area contributed by atoms with E-state index < -0.39 is 35.8 Å². The zero-order valence-electron chi connectivity index (χ0n) is 22.8. The SMILES string of the molecule is Cc1c(-c2cc(OCC(O)c3ncc(F)cn3)c3c(Cl)cnn3c2)nnn1[C@@H]1CCN(C(=O)OC(C)(C)C)C[C@@H]1F. The Labute approximate surface area is 238 Å². The minimum atomic E-state index is -1.38.